The van der Waals surface area contributed by atoms with Crippen molar-refractivity contribution in [2.75, 3.05) is 0 Å². The predicted octanol–water partition coefficient (Wildman–Crippen LogP) is -1.10. The van der Waals surface area contributed by atoms with E-state index < -0.39 is 45.4 Å². The Kier molecular flexibility index (Phi) is 7.25. The van der Waals surface area contributed by atoms with Gasteiger partial charge in [0.1, 0.15) is 0 Å². The number of hydrogen-bond donors (Lipinski definition) is 0. The predicted molar refractivity (Wildman–Crippen MR) is 59.8 cm³/mol. The van der Waals surface area contributed by atoms with Crippen LogP contribution in [-0.2, 0) is 4.57 Å². The van der Waals surface area contributed by atoms with Crippen LogP contribution in [0.15, 0.2) is 60.7 Å². The van der Waals surface area contributed by atoms with Crippen LogP contribution in [0, 0.1) is 37.6 Å². The van der Waals surface area contributed by atoms with E-state index in [4.69, 9.17) is 19.2 Å². The van der Waals surface area contributed by atoms with Gasteiger partial charge in [0.15, 0.2) is 0 Å². The minimum absolute atomic E-state index is 0.740. The molecule has 0 atom stereocenters. The van der Waals surface area contributed by atoms with Crippen LogP contribution in [-0.4, -0.2) is 0 Å². The topological polar surface area (TPSA) is 86.2 Å². The molecule has 0 N–H and O–H groups in total. The van der Waals surface area contributed by atoms with E-state index in [1.807, 2.05) is 0 Å². The van der Waals surface area contributed by atoms with Crippen LogP contribution in [0.1, 0.15) is 0 Å². The van der Waals surface area contributed by atoms with Gasteiger partial charge in [-0.1, -0.05) is 0 Å². The summed E-state index contributed by atoms with van der Waals surface area (Å²) in [5.41, 5.74) is 0. The first-order chi connectivity index (χ1) is 8.45. The molecule has 0 amide bonds. The van der Waals surface area contributed by atoms with Crippen molar-refractivity contribution in [2.45, 2.75) is 0 Å². The van der Waals surface area contributed by atoms with Gasteiger partial charge in [-0.25, -0.2) is 0 Å². The quantitative estimate of drug-likeness (QED) is 0.610. The molecule has 0 heterocycles. The number of benzene rings is 2. The molecular weight excluding hydrogens is 379 g/mol. The molecule has 0 fully saturated rings. The maximum absolute atomic E-state index is 8.55. The summed E-state index contributed by atoms with van der Waals surface area (Å²) in [5, 5.41) is 0. The second-order valence-electron chi connectivity index (χ2n) is 3.30. The molecule has 0 aromatic heterocycles. The SMILES string of the molecule is O=P([O-])([O-])[O-].c1cc[c]([Ce+3][c]2ccccc2)cc1. The van der Waals surface area contributed by atoms with Crippen LogP contribution in [0.3, 0.4) is 0 Å². The van der Waals surface area contributed by atoms with E-state index in [0.717, 1.165) is 0 Å². The van der Waals surface area contributed by atoms with Crippen LogP contribution >= 0.6 is 7.82 Å². The molecule has 2 aromatic rings. The minimum atomic E-state index is -5.39. The Balaban J connectivity index is 0.000000280. The Morgan fingerprint density at radius 2 is 1.00 bits per heavy atom. The summed E-state index contributed by atoms with van der Waals surface area (Å²) >= 11 is -0.740. The van der Waals surface area contributed by atoms with Crippen LogP contribution in [0.25, 0.3) is 0 Å². The third kappa shape index (κ3) is 8.94. The van der Waals surface area contributed by atoms with Gasteiger partial charge in [0, 0.05) is 0 Å². The van der Waals surface area contributed by atoms with Crippen LogP contribution in [0.5, 0.6) is 0 Å². The molecule has 0 saturated heterocycles. The van der Waals surface area contributed by atoms with E-state index >= 15 is 0 Å². The number of hydrogen-bond acceptors (Lipinski definition) is 4. The Morgan fingerprint density at radius 3 is 1.28 bits per heavy atom. The molecule has 18 heavy (non-hydrogen) atoms. The van der Waals surface area contributed by atoms with Crippen LogP contribution < -0.4 is 16.8 Å². The summed E-state index contributed by atoms with van der Waals surface area (Å²) in [4.78, 5) is 25.6. The molecule has 0 bridgehead atoms. The first-order valence-corrected chi connectivity index (χ1v) is 9.65. The number of rotatable bonds is 2. The first-order valence-electron chi connectivity index (χ1n) is 5.05. The van der Waals surface area contributed by atoms with Crippen molar-refractivity contribution in [1.82, 2.24) is 0 Å². The fourth-order valence-corrected chi connectivity index (χ4v) is 4.51. The summed E-state index contributed by atoms with van der Waals surface area (Å²) < 4.78 is 11.7. The van der Waals surface area contributed by atoms with E-state index in [1.165, 1.54) is 0 Å². The van der Waals surface area contributed by atoms with Crippen molar-refractivity contribution in [3.8, 4) is 0 Å². The molecule has 4 nitrogen and oxygen atoms in total. The molecule has 0 aliphatic rings. The fourth-order valence-electron chi connectivity index (χ4n) is 1.21. The Bertz CT molecular complexity index is 452. The van der Waals surface area contributed by atoms with Crippen molar-refractivity contribution in [3.05, 3.63) is 60.7 Å². The average Bonchev–Trinajstić information content (AvgIpc) is 2.29. The third-order valence-corrected chi connectivity index (χ3v) is 5.74. The van der Waals surface area contributed by atoms with Crippen molar-refractivity contribution in [2.24, 2.45) is 0 Å². The van der Waals surface area contributed by atoms with Gasteiger partial charge >= 0.3 is 100 Å². The zero-order valence-electron chi connectivity index (χ0n) is 9.35. The van der Waals surface area contributed by atoms with E-state index in [9.17, 15) is 0 Å². The monoisotopic (exact) mass is 389 g/mol. The van der Waals surface area contributed by atoms with Crippen LogP contribution in [0.4, 0.5) is 0 Å². The zero-order valence-corrected chi connectivity index (χ0v) is 13.4. The van der Waals surface area contributed by atoms with E-state index in [0.29, 0.717) is 0 Å². The molecule has 0 unspecified atom stereocenters. The average molecular weight is 389 g/mol. The van der Waals surface area contributed by atoms with Crippen molar-refractivity contribution < 1.29 is 56.8 Å². The normalized spacial score (nSPS) is 9.94. The van der Waals surface area contributed by atoms with Gasteiger partial charge in [-0.3, -0.25) is 0 Å². The number of phosphoric acid groups is 1. The first kappa shape index (κ1) is 16.0. The molecule has 6 heteroatoms. The second kappa shape index (κ2) is 8.17. The Hall–Kier alpha value is -0.0734. The molecule has 0 aliphatic carbocycles. The Morgan fingerprint density at radius 1 is 0.722 bits per heavy atom. The van der Waals surface area contributed by atoms with E-state index in [1.54, 1.807) is 2.16 Å². The van der Waals surface area contributed by atoms with E-state index in [2.05, 4.69) is 60.7 Å². The Labute approximate surface area is 126 Å². The fraction of sp³-hybridized carbons (Fsp3) is 0. The zero-order chi connectivity index (χ0) is 13.4. The molecule has 0 radical (unpaired) electrons. The summed E-state index contributed by atoms with van der Waals surface area (Å²) in [6.07, 6.45) is 0. The van der Waals surface area contributed by atoms with Crippen molar-refractivity contribution in [1.29, 1.82) is 0 Å². The molecule has 0 spiro atoms. The van der Waals surface area contributed by atoms with Gasteiger partial charge < -0.3 is 19.2 Å². The van der Waals surface area contributed by atoms with Crippen LogP contribution in [0.2, 0.25) is 0 Å². The van der Waals surface area contributed by atoms with Gasteiger partial charge in [-0.05, 0) is 0 Å². The van der Waals surface area contributed by atoms with Gasteiger partial charge in [0.25, 0.3) is 0 Å². The van der Waals surface area contributed by atoms with Crippen molar-refractivity contribution >= 4 is 9.98 Å². The van der Waals surface area contributed by atoms with Gasteiger partial charge in [-0.2, -0.15) is 7.82 Å². The standard InChI is InChI=1S/2C6H5.Ce.H3O4P/c2*1-2-4-6-5-3-1;;1-5(2,3)4/h2*1-5H;;(H3,1,2,3,4)/q;;+3;/p-3. The molecular formula is C12H10CeO4P. The molecule has 91 valence electrons. The summed E-state index contributed by atoms with van der Waals surface area (Å²) in [7, 11) is -5.39. The molecule has 0 aliphatic heterocycles. The second-order valence-corrected chi connectivity index (χ2v) is 8.61. The van der Waals surface area contributed by atoms with E-state index in [-0.39, 0.29) is 0 Å². The summed E-state index contributed by atoms with van der Waals surface area (Å²) in [5.74, 6) is 0. The van der Waals surface area contributed by atoms with Crippen molar-refractivity contribution in [3.63, 3.8) is 0 Å². The van der Waals surface area contributed by atoms with Gasteiger partial charge in [0.2, 0.25) is 0 Å². The molecule has 2 rings (SSSR count). The molecule has 2 aromatic carbocycles. The van der Waals surface area contributed by atoms with Gasteiger partial charge in [0.05, 0.1) is 0 Å². The maximum atomic E-state index is 8.55. The summed E-state index contributed by atoms with van der Waals surface area (Å²) in [6, 6.07) is 21.7. The summed E-state index contributed by atoms with van der Waals surface area (Å²) in [6.45, 7) is 0. The third-order valence-electron chi connectivity index (χ3n) is 1.84. The molecule has 0 saturated carbocycles. The van der Waals surface area contributed by atoms with Gasteiger partial charge in [-0.15, -0.1) is 0 Å².